The minimum absolute atomic E-state index is 0.0835. The van der Waals surface area contributed by atoms with Crippen LogP contribution in [-0.4, -0.2) is 32.6 Å². The summed E-state index contributed by atoms with van der Waals surface area (Å²) in [6.45, 7) is 1.81. The molecule has 0 aliphatic rings. The van der Waals surface area contributed by atoms with Crippen LogP contribution < -0.4 is 5.32 Å². The van der Waals surface area contributed by atoms with E-state index in [-0.39, 0.29) is 24.1 Å². The quantitative estimate of drug-likeness (QED) is 0.768. The summed E-state index contributed by atoms with van der Waals surface area (Å²) in [4.78, 5) is 21.9. The Morgan fingerprint density at radius 1 is 1.67 bits per heavy atom. The normalized spacial score (nSPS) is 12.1. The van der Waals surface area contributed by atoms with Crippen molar-refractivity contribution in [2.45, 2.75) is 25.8 Å². The summed E-state index contributed by atoms with van der Waals surface area (Å²) in [5.74, 6) is -1.31. The number of hydrogen-bond donors (Lipinski definition) is 2. The van der Waals surface area contributed by atoms with Crippen molar-refractivity contribution in [1.82, 2.24) is 14.9 Å². The van der Waals surface area contributed by atoms with Gasteiger partial charge in [-0.3, -0.25) is 9.59 Å². The molecular formula is C8H11N3O3S. The van der Waals surface area contributed by atoms with E-state index in [0.717, 1.165) is 11.5 Å². The monoisotopic (exact) mass is 229 g/mol. The average molecular weight is 229 g/mol. The highest BCUT2D eigenvalue weighted by Crippen LogP contribution is 2.01. The van der Waals surface area contributed by atoms with E-state index >= 15 is 0 Å². The number of carboxylic acids is 1. The molecule has 0 aliphatic carbocycles. The van der Waals surface area contributed by atoms with E-state index in [2.05, 4.69) is 14.9 Å². The summed E-state index contributed by atoms with van der Waals surface area (Å²) in [5, 5.41) is 16.3. The maximum absolute atomic E-state index is 11.5. The zero-order valence-electron chi connectivity index (χ0n) is 8.14. The molecule has 7 heteroatoms. The fourth-order valence-electron chi connectivity index (χ4n) is 1.03. The molecule has 1 aromatic heterocycles. The van der Waals surface area contributed by atoms with Crippen LogP contribution in [0.4, 0.5) is 0 Å². The van der Waals surface area contributed by atoms with E-state index in [1.54, 1.807) is 0 Å². The number of aromatic nitrogens is 2. The molecule has 0 aliphatic heterocycles. The van der Waals surface area contributed by atoms with Crippen LogP contribution in [0.15, 0.2) is 5.38 Å². The second-order valence-electron chi connectivity index (χ2n) is 2.97. The summed E-state index contributed by atoms with van der Waals surface area (Å²) in [7, 11) is 0. The van der Waals surface area contributed by atoms with Crippen molar-refractivity contribution < 1.29 is 14.7 Å². The first-order valence-corrected chi connectivity index (χ1v) is 5.26. The van der Waals surface area contributed by atoms with E-state index in [1.165, 1.54) is 5.38 Å². The molecule has 2 N–H and O–H groups in total. The molecule has 0 radical (unpaired) electrons. The van der Waals surface area contributed by atoms with Gasteiger partial charge in [0.15, 0.2) is 5.69 Å². The predicted octanol–water partition coefficient (Wildman–Crippen LogP) is 0.521. The summed E-state index contributed by atoms with van der Waals surface area (Å²) < 4.78 is 3.55. The Hall–Kier alpha value is -1.50. The van der Waals surface area contributed by atoms with Gasteiger partial charge in [0.05, 0.1) is 6.42 Å². The third-order valence-corrected chi connectivity index (χ3v) is 2.35. The van der Waals surface area contributed by atoms with Gasteiger partial charge in [-0.2, -0.15) is 0 Å². The van der Waals surface area contributed by atoms with Crippen LogP contribution >= 0.6 is 11.5 Å². The number of carbonyl (C=O) groups excluding carboxylic acids is 1. The van der Waals surface area contributed by atoms with Gasteiger partial charge < -0.3 is 10.4 Å². The standard InChI is InChI=1S/C8H11N3O3S/c1-2-5(3-7(12)13)9-8(14)6-4-15-11-10-6/h4-5H,2-3H2,1H3,(H,9,14)(H,12,13). The van der Waals surface area contributed by atoms with Crippen molar-refractivity contribution >= 4 is 23.4 Å². The zero-order chi connectivity index (χ0) is 11.3. The number of amides is 1. The Bertz CT molecular complexity index is 339. The minimum atomic E-state index is -0.932. The average Bonchev–Trinajstić information content (AvgIpc) is 2.68. The number of carbonyl (C=O) groups is 2. The van der Waals surface area contributed by atoms with Crippen LogP contribution in [0.5, 0.6) is 0 Å². The van der Waals surface area contributed by atoms with Crippen LogP contribution in [0.25, 0.3) is 0 Å². The van der Waals surface area contributed by atoms with E-state index in [1.807, 2.05) is 6.92 Å². The highest BCUT2D eigenvalue weighted by Gasteiger charge is 2.16. The topological polar surface area (TPSA) is 92.2 Å². The Morgan fingerprint density at radius 2 is 2.40 bits per heavy atom. The summed E-state index contributed by atoms with van der Waals surface area (Å²) >= 11 is 1.08. The highest BCUT2D eigenvalue weighted by atomic mass is 32.1. The molecule has 0 saturated heterocycles. The summed E-state index contributed by atoms with van der Waals surface area (Å²) in [6.07, 6.45) is 0.482. The maximum Gasteiger partial charge on any atom is 0.305 e. The van der Waals surface area contributed by atoms with Gasteiger partial charge in [-0.15, -0.1) is 5.10 Å². The van der Waals surface area contributed by atoms with Crippen molar-refractivity contribution in [2.24, 2.45) is 0 Å². The number of rotatable bonds is 5. The van der Waals surface area contributed by atoms with Crippen LogP contribution in [-0.2, 0) is 4.79 Å². The largest absolute Gasteiger partial charge is 0.481 e. The molecule has 1 amide bonds. The van der Waals surface area contributed by atoms with Crippen LogP contribution in [0.1, 0.15) is 30.3 Å². The smallest absolute Gasteiger partial charge is 0.305 e. The Labute approximate surface area is 90.5 Å². The molecule has 0 bridgehead atoms. The predicted molar refractivity (Wildman–Crippen MR) is 53.7 cm³/mol. The van der Waals surface area contributed by atoms with Crippen LogP contribution in [0.2, 0.25) is 0 Å². The lowest BCUT2D eigenvalue weighted by molar-refractivity contribution is -0.137. The second-order valence-corrected chi connectivity index (χ2v) is 3.58. The SMILES string of the molecule is CCC(CC(=O)O)NC(=O)c1csnn1. The Morgan fingerprint density at radius 3 is 2.87 bits per heavy atom. The van der Waals surface area contributed by atoms with Gasteiger partial charge in [-0.25, -0.2) is 0 Å². The third-order valence-electron chi connectivity index (χ3n) is 1.84. The van der Waals surface area contributed by atoms with Crippen molar-refractivity contribution in [3.63, 3.8) is 0 Å². The van der Waals surface area contributed by atoms with Crippen molar-refractivity contribution in [3.8, 4) is 0 Å². The lowest BCUT2D eigenvalue weighted by Gasteiger charge is -2.13. The molecule has 0 aromatic carbocycles. The first kappa shape index (κ1) is 11.6. The second kappa shape index (κ2) is 5.40. The number of hydrogen-bond acceptors (Lipinski definition) is 5. The molecule has 1 atom stereocenters. The van der Waals surface area contributed by atoms with Gasteiger partial charge in [-0.1, -0.05) is 11.4 Å². The van der Waals surface area contributed by atoms with Gasteiger partial charge >= 0.3 is 5.97 Å². The zero-order valence-corrected chi connectivity index (χ0v) is 8.95. The van der Waals surface area contributed by atoms with Gasteiger partial charge in [0.25, 0.3) is 5.91 Å². The molecule has 0 saturated carbocycles. The maximum atomic E-state index is 11.5. The molecular weight excluding hydrogens is 218 g/mol. The van der Waals surface area contributed by atoms with Gasteiger partial charge in [-0.05, 0) is 18.0 Å². The molecule has 0 spiro atoms. The van der Waals surface area contributed by atoms with Gasteiger partial charge in [0.2, 0.25) is 0 Å². The minimum Gasteiger partial charge on any atom is -0.481 e. The molecule has 1 unspecified atom stereocenters. The summed E-state index contributed by atoms with van der Waals surface area (Å²) in [5.41, 5.74) is 0.226. The highest BCUT2D eigenvalue weighted by molar-refractivity contribution is 7.03. The van der Waals surface area contributed by atoms with Crippen LogP contribution in [0, 0.1) is 0 Å². The van der Waals surface area contributed by atoms with Crippen LogP contribution in [0.3, 0.4) is 0 Å². The van der Waals surface area contributed by atoms with E-state index in [9.17, 15) is 9.59 Å². The van der Waals surface area contributed by atoms with Crippen molar-refractivity contribution in [1.29, 1.82) is 0 Å². The lowest BCUT2D eigenvalue weighted by atomic mass is 10.1. The molecule has 1 aromatic rings. The third kappa shape index (κ3) is 3.62. The number of aliphatic carboxylic acids is 1. The van der Waals surface area contributed by atoms with Gasteiger partial charge in [0.1, 0.15) is 0 Å². The molecule has 82 valence electrons. The number of nitrogens with one attached hydrogen (secondary N) is 1. The number of nitrogens with zero attached hydrogens (tertiary/aromatic N) is 2. The molecule has 1 rings (SSSR count). The first-order chi connectivity index (χ1) is 7.13. The fraction of sp³-hybridized carbons (Fsp3) is 0.500. The van der Waals surface area contributed by atoms with Crippen molar-refractivity contribution in [3.05, 3.63) is 11.1 Å². The van der Waals surface area contributed by atoms with E-state index in [0.29, 0.717) is 6.42 Å². The van der Waals surface area contributed by atoms with E-state index < -0.39 is 5.97 Å². The molecule has 6 nitrogen and oxygen atoms in total. The molecule has 1 heterocycles. The van der Waals surface area contributed by atoms with Gasteiger partial charge in [0, 0.05) is 11.4 Å². The number of carboxylic acid groups (broad SMARTS) is 1. The van der Waals surface area contributed by atoms with Crippen molar-refractivity contribution in [2.75, 3.05) is 0 Å². The fourth-order valence-corrected chi connectivity index (χ4v) is 1.47. The lowest BCUT2D eigenvalue weighted by Crippen LogP contribution is -2.36. The Kier molecular flexibility index (Phi) is 4.17. The van der Waals surface area contributed by atoms with E-state index in [4.69, 9.17) is 5.11 Å². The molecule has 15 heavy (non-hydrogen) atoms. The first-order valence-electron chi connectivity index (χ1n) is 4.43. The summed E-state index contributed by atoms with van der Waals surface area (Å²) in [6, 6.07) is -0.364. The Balaban J connectivity index is 2.52. The molecule has 0 fully saturated rings.